The van der Waals surface area contributed by atoms with E-state index in [1.165, 1.54) is 0 Å². The summed E-state index contributed by atoms with van der Waals surface area (Å²) >= 11 is 0. The van der Waals surface area contributed by atoms with Crippen molar-refractivity contribution in [3.05, 3.63) is 53.9 Å². The number of benzene rings is 1. The van der Waals surface area contributed by atoms with Crippen molar-refractivity contribution in [2.45, 2.75) is 39.7 Å². The first kappa shape index (κ1) is 18.8. The van der Waals surface area contributed by atoms with Gasteiger partial charge >= 0.3 is 0 Å². The van der Waals surface area contributed by atoms with Gasteiger partial charge in [-0.25, -0.2) is 4.98 Å². The van der Waals surface area contributed by atoms with Gasteiger partial charge in [-0.2, -0.15) is 15.0 Å². The number of aryl methyl sites for hydroxylation is 1. The lowest BCUT2D eigenvalue weighted by Gasteiger charge is -2.18. The largest absolute Gasteiger partial charge is 0.348 e. The fraction of sp³-hybridized carbons (Fsp3) is 0.400. The number of aromatic nitrogens is 5. The molecule has 0 radical (unpaired) electrons. The van der Waals surface area contributed by atoms with E-state index in [1.807, 2.05) is 38.3 Å². The molecule has 0 spiro atoms. The van der Waals surface area contributed by atoms with Crippen LogP contribution in [0.3, 0.4) is 0 Å². The molecule has 1 aromatic carbocycles. The van der Waals surface area contributed by atoms with Crippen molar-refractivity contribution in [2.24, 2.45) is 0 Å². The van der Waals surface area contributed by atoms with Crippen LogP contribution in [0.1, 0.15) is 49.9 Å². The molecule has 0 bridgehead atoms. The van der Waals surface area contributed by atoms with E-state index < -0.39 is 0 Å². The zero-order chi connectivity index (χ0) is 19.6. The van der Waals surface area contributed by atoms with E-state index in [-0.39, 0.29) is 12.0 Å². The van der Waals surface area contributed by atoms with Crippen LogP contribution in [-0.2, 0) is 0 Å². The molecule has 1 unspecified atom stereocenters. The van der Waals surface area contributed by atoms with Crippen LogP contribution in [0.15, 0.2) is 36.7 Å². The molecule has 27 heavy (non-hydrogen) atoms. The minimum Gasteiger partial charge on any atom is -0.348 e. The van der Waals surface area contributed by atoms with Crippen molar-refractivity contribution in [3.63, 3.8) is 0 Å². The predicted octanol–water partition coefficient (Wildman–Crippen LogP) is 3.73. The predicted molar refractivity (Wildman–Crippen MR) is 109 cm³/mol. The van der Waals surface area contributed by atoms with Crippen molar-refractivity contribution in [2.75, 3.05) is 24.3 Å². The molecule has 0 saturated heterocycles. The summed E-state index contributed by atoms with van der Waals surface area (Å²) in [5.74, 6) is 3.25. The summed E-state index contributed by atoms with van der Waals surface area (Å²) in [6.45, 7) is 8.26. The molecule has 142 valence electrons. The summed E-state index contributed by atoms with van der Waals surface area (Å²) in [5, 5.41) is 3.41. The summed E-state index contributed by atoms with van der Waals surface area (Å²) in [7, 11) is 3.87. The number of imidazole rings is 1. The Balaban J connectivity index is 1.81. The minimum absolute atomic E-state index is 0.0698. The van der Waals surface area contributed by atoms with E-state index in [4.69, 9.17) is 0 Å². The maximum atomic E-state index is 4.58. The Morgan fingerprint density at radius 2 is 1.70 bits per heavy atom. The number of anilines is 2. The minimum atomic E-state index is 0.0698. The lowest BCUT2D eigenvalue weighted by atomic mass is 10.1. The highest BCUT2D eigenvalue weighted by Gasteiger charge is 2.14. The summed E-state index contributed by atoms with van der Waals surface area (Å²) in [5.41, 5.74) is 2.26. The van der Waals surface area contributed by atoms with Gasteiger partial charge in [-0.3, -0.25) is 0 Å². The van der Waals surface area contributed by atoms with Crippen molar-refractivity contribution in [3.8, 4) is 5.69 Å². The van der Waals surface area contributed by atoms with Crippen LogP contribution in [0.2, 0.25) is 0 Å². The van der Waals surface area contributed by atoms with Crippen LogP contribution in [0.25, 0.3) is 5.69 Å². The van der Waals surface area contributed by atoms with Gasteiger partial charge in [0.25, 0.3) is 0 Å². The number of nitrogens with one attached hydrogen (secondary N) is 1. The normalized spacial score (nSPS) is 12.3. The first-order valence-corrected chi connectivity index (χ1v) is 9.15. The van der Waals surface area contributed by atoms with Crippen molar-refractivity contribution >= 4 is 11.9 Å². The Kier molecular flexibility index (Phi) is 5.39. The van der Waals surface area contributed by atoms with Crippen molar-refractivity contribution in [1.29, 1.82) is 0 Å². The Bertz CT molecular complexity index is 871. The SMILES string of the molecule is Cc1nccn1-c1ccc(C(C)Nc2nc(C(C)C)nc(N(C)C)n2)cc1. The lowest BCUT2D eigenvalue weighted by Crippen LogP contribution is -2.18. The van der Waals surface area contributed by atoms with Gasteiger partial charge < -0.3 is 14.8 Å². The molecule has 0 aliphatic carbocycles. The van der Waals surface area contributed by atoms with E-state index in [0.29, 0.717) is 11.9 Å². The second-order valence-electron chi connectivity index (χ2n) is 7.17. The Morgan fingerprint density at radius 1 is 1.00 bits per heavy atom. The second kappa shape index (κ2) is 7.73. The van der Waals surface area contributed by atoms with E-state index >= 15 is 0 Å². The molecule has 0 fully saturated rings. The molecule has 7 nitrogen and oxygen atoms in total. The number of hydrogen-bond donors (Lipinski definition) is 1. The van der Waals surface area contributed by atoms with Gasteiger partial charge in [0.15, 0.2) is 0 Å². The van der Waals surface area contributed by atoms with E-state index in [9.17, 15) is 0 Å². The molecule has 1 N–H and O–H groups in total. The van der Waals surface area contributed by atoms with Crippen LogP contribution in [0.4, 0.5) is 11.9 Å². The van der Waals surface area contributed by atoms with E-state index in [2.05, 4.69) is 74.9 Å². The third kappa shape index (κ3) is 4.24. The summed E-state index contributed by atoms with van der Waals surface area (Å²) in [6.07, 6.45) is 3.77. The molecular formula is C20H27N7. The van der Waals surface area contributed by atoms with Crippen LogP contribution < -0.4 is 10.2 Å². The highest BCUT2D eigenvalue weighted by molar-refractivity contribution is 5.41. The van der Waals surface area contributed by atoms with Crippen molar-refractivity contribution in [1.82, 2.24) is 24.5 Å². The second-order valence-corrected chi connectivity index (χ2v) is 7.17. The van der Waals surface area contributed by atoms with Gasteiger partial charge in [0.05, 0.1) is 6.04 Å². The first-order valence-electron chi connectivity index (χ1n) is 9.15. The van der Waals surface area contributed by atoms with Crippen LogP contribution in [-0.4, -0.2) is 38.6 Å². The van der Waals surface area contributed by atoms with E-state index in [0.717, 1.165) is 22.9 Å². The Morgan fingerprint density at radius 3 is 2.26 bits per heavy atom. The molecule has 2 aromatic heterocycles. The molecule has 0 aliphatic rings. The standard InChI is InChI=1S/C20H27N7/c1-13(2)18-23-19(25-20(24-18)26(5)6)22-14(3)16-7-9-17(10-8-16)27-12-11-21-15(27)4/h7-14H,1-6H3,(H,22,23,24,25). The van der Waals surface area contributed by atoms with Gasteiger partial charge in [0.1, 0.15) is 11.6 Å². The molecule has 0 saturated carbocycles. The van der Waals surface area contributed by atoms with Crippen LogP contribution >= 0.6 is 0 Å². The average Bonchev–Trinajstić information content (AvgIpc) is 3.07. The molecule has 2 heterocycles. The number of rotatable bonds is 6. The molecule has 1 atom stereocenters. The molecule has 3 aromatic rings. The maximum absolute atomic E-state index is 4.58. The fourth-order valence-corrected chi connectivity index (χ4v) is 2.75. The van der Waals surface area contributed by atoms with Crippen molar-refractivity contribution < 1.29 is 0 Å². The zero-order valence-corrected chi connectivity index (χ0v) is 16.8. The number of hydrogen-bond acceptors (Lipinski definition) is 6. The van der Waals surface area contributed by atoms with Crippen LogP contribution in [0.5, 0.6) is 0 Å². The molecule has 7 heteroatoms. The highest BCUT2D eigenvalue weighted by atomic mass is 15.3. The van der Waals surface area contributed by atoms with Gasteiger partial charge in [0.2, 0.25) is 11.9 Å². The molecule has 0 amide bonds. The Labute approximate surface area is 160 Å². The smallest absolute Gasteiger partial charge is 0.229 e. The summed E-state index contributed by atoms with van der Waals surface area (Å²) in [4.78, 5) is 19.8. The molecule has 0 aliphatic heterocycles. The summed E-state index contributed by atoms with van der Waals surface area (Å²) in [6, 6.07) is 8.49. The van der Waals surface area contributed by atoms with Crippen LogP contribution in [0, 0.1) is 6.92 Å². The molecule has 3 rings (SSSR count). The third-order valence-electron chi connectivity index (χ3n) is 4.40. The average molecular weight is 365 g/mol. The van der Waals surface area contributed by atoms with Gasteiger partial charge in [-0.05, 0) is 31.5 Å². The highest BCUT2D eigenvalue weighted by Crippen LogP contribution is 2.21. The zero-order valence-electron chi connectivity index (χ0n) is 16.8. The van der Waals surface area contributed by atoms with E-state index in [1.54, 1.807) is 0 Å². The van der Waals surface area contributed by atoms with Gasteiger partial charge in [0, 0.05) is 38.1 Å². The summed E-state index contributed by atoms with van der Waals surface area (Å²) < 4.78 is 2.06. The molecular weight excluding hydrogens is 338 g/mol. The third-order valence-corrected chi connectivity index (χ3v) is 4.40. The number of nitrogens with zero attached hydrogens (tertiary/aromatic N) is 6. The fourth-order valence-electron chi connectivity index (χ4n) is 2.75. The quantitative estimate of drug-likeness (QED) is 0.718. The lowest BCUT2D eigenvalue weighted by molar-refractivity contribution is 0.746. The maximum Gasteiger partial charge on any atom is 0.229 e. The Hall–Kier alpha value is -2.96. The first-order chi connectivity index (χ1) is 12.8. The van der Waals surface area contributed by atoms with Gasteiger partial charge in [-0.15, -0.1) is 0 Å². The monoisotopic (exact) mass is 365 g/mol. The van der Waals surface area contributed by atoms with Gasteiger partial charge in [-0.1, -0.05) is 26.0 Å². The topological polar surface area (TPSA) is 71.8 Å².